The van der Waals surface area contributed by atoms with Gasteiger partial charge in [-0.3, -0.25) is 9.59 Å². The maximum absolute atomic E-state index is 13.0. The highest BCUT2D eigenvalue weighted by Crippen LogP contribution is 2.46. The smallest absolute Gasteiger partial charge is 0.209 e. The summed E-state index contributed by atoms with van der Waals surface area (Å²) in [5.41, 5.74) is 3.62. The summed E-state index contributed by atoms with van der Waals surface area (Å²) < 4.78 is 0. The van der Waals surface area contributed by atoms with Crippen LogP contribution in [0, 0.1) is 31.1 Å². The van der Waals surface area contributed by atoms with Crippen molar-refractivity contribution in [2.24, 2.45) is 5.41 Å². The molecule has 4 nitrogen and oxygen atoms in total. The molecule has 0 atom stereocenters. The summed E-state index contributed by atoms with van der Waals surface area (Å²) in [5, 5.41) is 13.0. The minimum Gasteiger partial charge on any atom is -0.875 e. The van der Waals surface area contributed by atoms with E-state index in [1.807, 2.05) is 26.0 Å². The zero-order valence-electron chi connectivity index (χ0n) is 15.6. The van der Waals surface area contributed by atoms with Gasteiger partial charge in [0.05, 0.1) is 0 Å². The van der Waals surface area contributed by atoms with Crippen LogP contribution in [0.15, 0.2) is 17.9 Å². The normalized spacial score (nSPS) is 19.3. The molecule has 3 rings (SSSR count). The number of hydrogen-bond acceptors (Lipinski definition) is 3. The SMILES string of the molecule is CC#Cc1cc(C)c(C2=C([O-])CC3(CCN(C=O)CC3)CC2=O)c(C)c1. The first-order valence-corrected chi connectivity index (χ1v) is 9.06. The van der Waals surface area contributed by atoms with Gasteiger partial charge in [0.2, 0.25) is 6.41 Å². The summed E-state index contributed by atoms with van der Waals surface area (Å²) in [6.07, 6.45) is 3.09. The molecular weight excluding hydrogens is 326 g/mol. The third kappa shape index (κ3) is 3.26. The first-order valence-electron chi connectivity index (χ1n) is 9.06. The largest absolute Gasteiger partial charge is 0.875 e. The van der Waals surface area contributed by atoms with Gasteiger partial charge in [0, 0.05) is 30.6 Å². The Hall–Kier alpha value is -2.54. The molecule has 0 radical (unpaired) electrons. The van der Waals surface area contributed by atoms with Crippen molar-refractivity contribution in [3.8, 4) is 11.8 Å². The van der Waals surface area contributed by atoms with E-state index in [0.717, 1.165) is 41.5 Å². The van der Waals surface area contributed by atoms with Crippen LogP contribution in [0.1, 0.15) is 54.9 Å². The Kier molecular flexibility index (Phi) is 4.91. The van der Waals surface area contributed by atoms with E-state index in [0.29, 0.717) is 31.5 Å². The van der Waals surface area contributed by atoms with Gasteiger partial charge in [0.1, 0.15) is 0 Å². The highest BCUT2D eigenvalue weighted by molar-refractivity contribution is 6.22. The van der Waals surface area contributed by atoms with Crippen molar-refractivity contribution in [2.75, 3.05) is 13.1 Å². The molecule has 1 aliphatic heterocycles. The Morgan fingerprint density at radius 1 is 1.15 bits per heavy atom. The van der Waals surface area contributed by atoms with E-state index in [9.17, 15) is 14.7 Å². The van der Waals surface area contributed by atoms with Crippen LogP contribution < -0.4 is 5.11 Å². The molecular formula is C22H24NO3-. The molecule has 0 bridgehead atoms. The molecule has 1 saturated heterocycles. The number of benzene rings is 1. The molecule has 1 spiro atoms. The van der Waals surface area contributed by atoms with Gasteiger partial charge in [0.15, 0.2) is 5.78 Å². The third-order valence-electron chi connectivity index (χ3n) is 5.69. The van der Waals surface area contributed by atoms with Crippen molar-refractivity contribution in [3.63, 3.8) is 0 Å². The number of piperidine rings is 1. The van der Waals surface area contributed by atoms with Crippen LogP contribution in [-0.4, -0.2) is 30.2 Å². The number of carbonyl (C=O) groups excluding carboxylic acids is 2. The average molecular weight is 350 g/mol. The molecule has 1 fully saturated rings. The Bertz CT molecular complexity index is 823. The van der Waals surface area contributed by atoms with E-state index in [1.54, 1.807) is 11.8 Å². The maximum Gasteiger partial charge on any atom is 0.209 e. The van der Waals surface area contributed by atoms with Crippen LogP contribution in [0.5, 0.6) is 0 Å². The van der Waals surface area contributed by atoms with E-state index in [-0.39, 0.29) is 17.0 Å². The summed E-state index contributed by atoms with van der Waals surface area (Å²) in [6.45, 7) is 6.91. The number of rotatable bonds is 2. The first-order chi connectivity index (χ1) is 12.4. The molecule has 1 aromatic carbocycles. The molecule has 1 aliphatic carbocycles. The highest BCUT2D eigenvalue weighted by Gasteiger charge is 2.40. The molecule has 26 heavy (non-hydrogen) atoms. The van der Waals surface area contributed by atoms with Crippen LogP contribution in [0.4, 0.5) is 0 Å². The molecule has 136 valence electrons. The van der Waals surface area contributed by atoms with Gasteiger partial charge in [-0.15, -0.1) is 11.7 Å². The Balaban J connectivity index is 1.97. The fraction of sp³-hybridized carbons (Fsp3) is 0.455. The second kappa shape index (κ2) is 6.99. The molecule has 0 unspecified atom stereocenters. The van der Waals surface area contributed by atoms with Crippen molar-refractivity contribution in [3.05, 3.63) is 40.1 Å². The van der Waals surface area contributed by atoms with Crippen molar-refractivity contribution >= 4 is 17.8 Å². The van der Waals surface area contributed by atoms with E-state index >= 15 is 0 Å². The second-order valence-electron chi connectivity index (χ2n) is 7.58. The number of nitrogens with zero attached hydrogens (tertiary/aromatic N) is 1. The number of likely N-dealkylation sites (tertiary alicyclic amines) is 1. The van der Waals surface area contributed by atoms with Gasteiger partial charge in [0.25, 0.3) is 0 Å². The number of hydrogen-bond donors (Lipinski definition) is 0. The van der Waals surface area contributed by atoms with Crippen LogP contribution in [-0.2, 0) is 9.59 Å². The topological polar surface area (TPSA) is 60.4 Å². The van der Waals surface area contributed by atoms with Crippen molar-refractivity contribution < 1.29 is 14.7 Å². The minimum absolute atomic E-state index is 0.0543. The van der Waals surface area contributed by atoms with Crippen molar-refractivity contribution in [1.29, 1.82) is 0 Å². The first kappa shape index (κ1) is 18.3. The summed E-state index contributed by atoms with van der Waals surface area (Å²) in [4.78, 5) is 25.6. The number of amides is 1. The molecule has 0 aromatic heterocycles. The third-order valence-corrected chi connectivity index (χ3v) is 5.69. The fourth-order valence-electron chi connectivity index (χ4n) is 4.39. The highest BCUT2D eigenvalue weighted by atomic mass is 16.3. The predicted octanol–water partition coefficient (Wildman–Crippen LogP) is 2.35. The van der Waals surface area contributed by atoms with Crippen LogP contribution in [0.25, 0.3) is 5.57 Å². The summed E-state index contributed by atoms with van der Waals surface area (Å²) in [6, 6.07) is 3.89. The number of ketones is 1. The standard InChI is InChI=1S/C22H25NO3/c1-4-5-17-10-15(2)20(16(3)11-17)21-18(25)12-22(13-19(21)26)6-8-23(14-24)9-7-22/h10-11,14,25H,6-9,12-13H2,1-3H3/p-1. The quantitative estimate of drug-likeness (QED) is 0.608. The molecule has 0 saturated carbocycles. The summed E-state index contributed by atoms with van der Waals surface area (Å²) in [5.74, 6) is 5.81. The van der Waals surface area contributed by atoms with Crippen LogP contribution in [0.2, 0.25) is 0 Å². The average Bonchev–Trinajstić information content (AvgIpc) is 2.58. The number of allylic oxidation sites excluding steroid dienone is 2. The fourth-order valence-corrected chi connectivity index (χ4v) is 4.39. The Morgan fingerprint density at radius 3 is 2.27 bits per heavy atom. The lowest BCUT2D eigenvalue weighted by atomic mass is 9.66. The van der Waals surface area contributed by atoms with Crippen molar-refractivity contribution in [1.82, 2.24) is 4.90 Å². The van der Waals surface area contributed by atoms with E-state index in [2.05, 4.69) is 11.8 Å². The lowest BCUT2D eigenvalue weighted by Gasteiger charge is -2.45. The summed E-state index contributed by atoms with van der Waals surface area (Å²) in [7, 11) is 0. The molecule has 1 aromatic rings. The zero-order chi connectivity index (χ0) is 18.9. The molecule has 2 aliphatic rings. The van der Waals surface area contributed by atoms with E-state index < -0.39 is 0 Å². The van der Waals surface area contributed by atoms with Gasteiger partial charge in [-0.1, -0.05) is 5.92 Å². The lowest BCUT2D eigenvalue weighted by molar-refractivity contribution is -0.310. The van der Waals surface area contributed by atoms with Gasteiger partial charge in [-0.25, -0.2) is 0 Å². The number of aryl methyl sites for hydroxylation is 2. The zero-order valence-corrected chi connectivity index (χ0v) is 15.6. The number of Topliss-reactive ketones (excluding diaryl/α,β-unsaturated/α-hetero) is 1. The molecule has 1 heterocycles. The van der Waals surface area contributed by atoms with Crippen molar-refractivity contribution in [2.45, 2.75) is 46.5 Å². The molecule has 4 heteroatoms. The molecule has 0 N–H and O–H groups in total. The van der Waals surface area contributed by atoms with E-state index in [4.69, 9.17) is 0 Å². The second-order valence-corrected chi connectivity index (χ2v) is 7.58. The van der Waals surface area contributed by atoms with Gasteiger partial charge in [-0.05, 0) is 74.3 Å². The number of carbonyl (C=O) groups is 2. The predicted molar refractivity (Wildman–Crippen MR) is 98.9 cm³/mol. The van der Waals surface area contributed by atoms with Crippen LogP contribution in [0.3, 0.4) is 0 Å². The Labute approximate surface area is 154 Å². The van der Waals surface area contributed by atoms with Gasteiger partial charge in [-0.2, -0.15) is 0 Å². The minimum atomic E-state index is -0.271. The lowest BCUT2D eigenvalue weighted by Crippen LogP contribution is -2.43. The molecule has 1 amide bonds. The maximum atomic E-state index is 13.0. The monoisotopic (exact) mass is 350 g/mol. The van der Waals surface area contributed by atoms with Gasteiger partial charge < -0.3 is 10.0 Å². The van der Waals surface area contributed by atoms with Gasteiger partial charge >= 0.3 is 0 Å². The van der Waals surface area contributed by atoms with Crippen LogP contribution >= 0.6 is 0 Å². The summed E-state index contributed by atoms with van der Waals surface area (Å²) >= 11 is 0. The Morgan fingerprint density at radius 2 is 1.77 bits per heavy atom. The van der Waals surface area contributed by atoms with E-state index in [1.165, 1.54) is 0 Å².